The van der Waals surface area contributed by atoms with Crippen LogP contribution in [0.4, 0.5) is 10.2 Å². The topological polar surface area (TPSA) is 104 Å². The number of aliphatic carboxylic acids is 1. The highest BCUT2D eigenvalue weighted by atomic mass is 19.1. The molecule has 2 aliphatic heterocycles. The van der Waals surface area contributed by atoms with Gasteiger partial charge in [0, 0.05) is 37.3 Å². The molecule has 5 heterocycles. The molecule has 1 unspecified atom stereocenters. The van der Waals surface area contributed by atoms with E-state index in [0.717, 1.165) is 30.5 Å². The van der Waals surface area contributed by atoms with Crippen LogP contribution in [0, 0.1) is 11.9 Å². The van der Waals surface area contributed by atoms with Crippen LogP contribution in [0.3, 0.4) is 0 Å². The molecule has 0 radical (unpaired) electrons. The summed E-state index contributed by atoms with van der Waals surface area (Å²) in [5.41, 5.74) is 4.85. The van der Waals surface area contributed by atoms with Gasteiger partial charge in [-0.1, -0.05) is 24.3 Å². The number of fused-ring (bicyclic) bond motifs is 2. The molecule has 9 nitrogen and oxygen atoms in total. The third-order valence-corrected chi connectivity index (χ3v) is 8.50. The quantitative estimate of drug-likeness (QED) is 0.372. The zero-order valence-corrected chi connectivity index (χ0v) is 22.1. The van der Waals surface area contributed by atoms with E-state index < -0.39 is 17.8 Å². The van der Waals surface area contributed by atoms with Crippen molar-refractivity contribution in [1.29, 1.82) is 0 Å². The summed E-state index contributed by atoms with van der Waals surface area (Å²) in [5.74, 6) is -1.42. The van der Waals surface area contributed by atoms with Crippen LogP contribution in [0.25, 0.3) is 16.9 Å². The van der Waals surface area contributed by atoms with Gasteiger partial charge in [-0.3, -0.25) is 9.59 Å². The number of nitrogens with zero attached hydrogens (tertiary/aromatic N) is 6. The van der Waals surface area contributed by atoms with E-state index in [1.54, 1.807) is 27.6 Å². The fourth-order valence-corrected chi connectivity index (χ4v) is 6.07. The Hall–Kier alpha value is -4.34. The molecule has 2 atom stereocenters. The van der Waals surface area contributed by atoms with Crippen LogP contribution in [-0.2, 0) is 11.2 Å². The third-order valence-electron chi connectivity index (χ3n) is 8.50. The van der Waals surface area contributed by atoms with Gasteiger partial charge in [-0.25, -0.2) is 14.5 Å². The number of carbonyl (C=O) groups is 2. The number of halogens is 1. The molecule has 1 saturated carbocycles. The summed E-state index contributed by atoms with van der Waals surface area (Å²) < 4.78 is 17.0. The molecule has 0 spiro atoms. The largest absolute Gasteiger partial charge is 0.481 e. The van der Waals surface area contributed by atoms with Crippen molar-refractivity contribution in [3.63, 3.8) is 0 Å². The third kappa shape index (κ3) is 4.18. The number of benzene rings is 1. The maximum Gasteiger partial charge on any atom is 0.308 e. The minimum atomic E-state index is -0.847. The Kier molecular flexibility index (Phi) is 5.80. The lowest BCUT2D eigenvalue weighted by atomic mass is 9.93. The minimum Gasteiger partial charge on any atom is -0.481 e. The first-order valence-electron chi connectivity index (χ1n) is 13.8. The lowest BCUT2D eigenvalue weighted by Gasteiger charge is -2.35. The number of carboxylic acid groups (broad SMARTS) is 1. The van der Waals surface area contributed by atoms with Gasteiger partial charge in [-0.2, -0.15) is 9.49 Å². The first-order valence-corrected chi connectivity index (χ1v) is 13.8. The molecule has 4 aromatic rings. The van der Waals surface area contributed by atoms with Gasteiger partial charge >= 0.3 is 5.97 Å². The molecule has 1 amide bonds. The second-order valence-corrected chi connectivity index (χ2v) is 11.0. The molecular weight excluding hydrogens is 511 g/mol. The second kappa shape index (κ2) is 9.39. The smallest absolute Gasteiger partial charge is 0.308 e. The number of carboxylic acids is 1. The molecule has 1 saturated heterocycles. The zero-order chi connectivity index (χ0) is 27.5. The SMILES string of the molecule is C[C@@H]1c2ccccc2CCN1C(=O)c1cc(C2CC2)n2nc(-c3ccc(N4CCC(C(=O)O)C4)nc3F)cc2n1. The number of aromatic nitrogens is 4. The van der Waals surface area contributed by atoms with Crippen LogP contribution in [0.2, 0.25) is 0 Å². The van der Waals surface area contributed by atoms with Crippen molar-refractivity contribution in [3.05, 3.63) is 77.0 Å². The lowest BCUT2D eigenvalue weighted by molar-refractivity contribution is -0.140. The molecule has 1 N–H and O–H groups in total. The average molecular weight is 541 g/mol. The first-order chi connectivity index (χ1) is 19.4. The van der Waals surface area contributed by atoms with Crippen molar-refractivity contribution < 1.29 is 19.1 Å². The second-order valence-electron chi connectivity index (χ2n) is 11.0. The van der Waals surface area contributed by atoms with Gasteiger partial charge in [0.05, 0.1) is 23.2 Å². The number of pyridine rings is 1. The summed E-state index contributed by atoms with van der Waals surface area (Å²) in [7, 11) is 0. The van der Waals surface area contributed by atoms with Crippen molar-refractivity contribution in [2.75, 3.05) is 24.5 Å². The van der Waals surface area contributed by atoms with Crippen LogP contribution in [0.15, 0.2) is 48.5 Å². The van der Waals surface area contributed by atoms with Gasteiger partial charge in [-0.05, 0) is 61.9 Å². The maximum absolute atomic E-state index is 15.3. The Morgan fingerprint density at radius 2 is 1.85 bits per heavy atom. The van der Waals surface area contributed by atoms with Gasteiger partial charge < -0.3 is 14.9 Å². The summed E-state index contributed by atoms with van der Waals surface area (Å²) in [6, 6.07) is 15.1. The van der Waals surface area contributed by atoms with Crippen molar-refractivity contribution in [3.8, 4) is 11.3 Å². The lowest BCUT2D eigenvalue weighted by Crippen LogP contribution is -2.39. The molecule has 3 aliphatic rings. The average Bonchev–Trinajstić information content (AvgIpc) is 3.51. The number of anilines is 1. The fourth-order valence-electron chi connectivity index (χ4n) is 6.07. The highest BCUT2D eigenvalue weighted by molar-refractivity contribution is 5.93. The van der Waals surface area contributed by atoms with Crippen molar-refractivity contribution in [1.82, 2.24) is 24.5 Å². The van der Waals surface area contributed by atoms with Crippen molar-refractivity contribution in [2.24, 2.45) is 5.92 Å². The van der Waals surface area contributed by atoms with Gasteiger partial charge in [0.1, 0.15) is 11.5 Å². The standard InChI is InChI=1S/C30H29FN6O3/c1-17-21-5-3-2-4-18(21)11-13-36(17)29(38)24-14-25(19-6-7-19)37-27(32-24)15-23(34-37)22-8-9-26(33-28(22)31)35-12-10-20(16-35)30(39)40/h2-5,8-9,14-15,17,19-20H,6-7,10-13,16H2,1H3,(H,39,40)/t17-,20?/m1/s1. The van der Waals surface area contributed by atoms with E-state index in [9.17, 15) is 14.7 Å². The first kappa shape index (κ1) is 24.7. The summed E-state index contributed by atoms with van der Waals surface area (Å²) in [6.45, 7) is 3.50. The summed E-state index contributed by atoms with van der Waals surface area (Å²) >= 11 is 0. The Bertz CT molecular complexity index is 1660. The van der Waals surface area contributed by atoms with Gasteiger partial charge in [0.2, 0.25) is 5.95 Å². The minimum absolute atomic E-state index is 0.0552. The van der Waals surface area contributed by atoms with Gasteiger partial charge in [0.25, 0.3) is 5.91 Å². The fraction of sp³-hybridized carbons (Fsp3) is 0.367. The predicted molar refractivity (Wildman–Crippen MR) is 146 cm³/mol. The molecule has 0 bridgehead atoms. The number of hydrogen-bond acceptors (Lipinski definition) is 6. The van der Waals surface area contributed by atoms with Crippen LogP contribution in [0.1, 0.15) is 65.5 Å². The molecule has 1 aromatic carbocycles. The van der Waals surface area contributed by atoms with E-state index in [0.29, 0.717) is 48.9 Å². The highest BCUT2D eigenvalue weighted by Crippen LogP contribution is 2.41. The van der Waals surface area contributed by atoms with Crippen LogP contribution >= 0.6 is 0 Å². The summed E-state index contributed by atoms with van der Waals surface area (Å²) in [6.07, 6.45) is 3.32. The number of carbonyl (C=O) groups excluding carboxylic acids is 1. The van der Waals surface area contributed by atoms with Crippen LogP contribution in [-0.4, -0.2) is 61.1 Å². The molecule has 40 heavy (non-hydrogen) atoms. The Balaban J connectivity index is 1.21. The number of amides is 1. The maximum atomic E-state index is 15.3. The van der Waals surface area contributed by atoms with Gasteiger partial charge in [-0.15, -0.1) is 0 Å². The van der Waals surface area contributed by atoms with E-state index in [1.165, 1.54) is 5.56 Å². The van der Waals surface area contributed by atoms with Crippen molar-refractivity contribution in [2.45, 2.75) is 44.6 Å². The van der Waals surface area contributed by atoms with Gasteiger partial charge in [0.15, 0.2) is 5.65 Å². The number of hydrogen-bond donors (Lipinski definition) is 1. The predicted octanol–water partition coefficient (Wildman–Crippen LogP) is 4.48. The normalized spacial score (nSPS) is 20.6. The Labute approximate surface area is 230 Å². The molecule has 1 aliphatic carbocycles. The molecule has 7 rings (SSSR count). The van der Waals surface area contributed by atoms with E-state index >= 15 is 4.39 Å². The van der Waals surface area contributed by atoms with E-state index in [2.05, 4.69) is 29.1 Å². The van der Waals surface area contributed by atoms with E-state index in [1.807, 2.05) is 23.1 Å². The zero-order valence-electron chi connectivity index (χ0n) is 22.1. The summed E-state index contributed by atoms with van der Waals surface area (Å²) in [4.78, 5) is 37.6. The molecule has 10 heteroatoms. The van der Waals surface area contributed by atoms with E-state index in [-0.39, 0.29) is 23.4 Å². The van der Waals surface area contributed by atoms with Crippen LogP contribution < -0.4 is 4.90 Å². The van der Waals surface area contributed by atoms with Crippen LogP contribution in [0.5, 0.6) is 0 Å². The monoisotopic (exact) mass is 540 g/mol. The Morgan fingerprint density at radius 3 is 2.60 bits per heavy atom. The Morgan fingerprint density at radius 1 is 1.02 bits per heavy atom. The molecule has 2 fully saturated rings. The molecule has 204 valence electrons. The molecule has 3 aromatic heterocycles. The summed E-state index contributed by atoms with van der Waals surface area (Å²) in [5, 5.41) is 14.0. The number of rotatable bonds is 5. The van der Waals surface area contributed by atoms with Crippen molar-refractivity contribution >= 4 is 23.3 Å². The van der Waals surface area contributed by atoms with E-state index in [4.69, 9.17) is 4.98 Å². The highest BCUT2D eigenvalue weighted by Gasteiger charge is 2.33. The molecular formula is C30H29FN6O3.